The van der Waals surface area contributed by atoms with Gasteiger partial charge in [0.1, 0.15) is 11.5 Å². The number of rotatable bonds is 6. The second kappa shape index (κ2) is 7.18. The molecule has 0 spiro atoms. The van der Waals surface area contributed by atoms with E-state index in [0.29, 0.717) is 6.04 Å². The molecule has 21 heavy (non-hydrogen) atoms. The van der Waals surface area contributed by atoms with Gasteiger partial charge in [0.25, 0.3) is 0 Å². The topological polar surface area (TPSA) is 47.0 Å². The smallest absolute Gasteiger partial charge is 0.148 e. The van der Waals surface area contributed by atoms with Crippen molar-refractivity contribution in [3.05, 3.63) is 47.5 Å². The number of ether oxygens (including phenoxy) is 1. The third-order valence-electron chi connectivity index (χ3n) is 3.12. The molecule has 4 nitrogen and oxygen atoms in total. The van der Waals surface area contributed by atoms with E-state index in [2.05, 4.69) is 36.1 Å². The van der Waals surface area contributed by atoms with Crippen molar-refractivity contribution in [2.24, 2.45) is 0 Å². The average molecular weight is 285 g/mol. The van der Waals surface area contributed by atoms with Crippen molar-refractivity contribution in [1.29, 1.82) is 0 Å². The van der Waals surface area contributed by atoms with Crippen LogP contribution in [-0.2, 0) is 13.0 Å². The SMILES string of the molecule is CCc1nc(C)ccc1Oc1cncc(CNC(C)C)c1. The molecule has 0 atom stereocenters. The van der Waals surface area contributed by atoms with Crippen LogP contribution >= 0.6 is 0 Å². The van der Waals surface area contributed by atoms with Gasteiger partial charge in [-0.3, -0.25) is 9.97 Å². The van der Waals surface area contributed by atoms with Crippen molar-refractivity contribution < 1.29 is 4.74 Å². The van der Waals surface area contributed by atoms with Crippen molar-refractivity contribution in [2.45, 2.75) is 46.7 Å². The molecule has 2 aromatic heterocycles. The molecule has 0 aliphatic heterocycles. The van der Waals surface area contributed by atoms with E-state index in [1.807, 2.05) is 31.3 Å². The first-order valence-electron chi connectivity index (χ1n) is 7.40. The van der Waals surface area contributed by atoms with Gasteiger partial charge in [-0.05, 0) is 37.1 Å². The largest absolute Gasteiger partial charge is 0.454 e. The predicted octanol–water partition coefficient (Wildman–Crippen LogP) is 3.64. The number of nitrogens with one attached hydrogen (secondary N) is 1. The van der Waals surface area contributed by atoms with Crippen LogP contribution in [0.4, 0.5) is 0 Å². The Labute approximate surface area is 126 Å². The zero-order valence-electron chi connectivity index (χ0n) is 13.2. The van der Waals surface area contributed by atoms with E-state index < -0.39 is 0 Å². The molecule has 112 valence electrons. The number of aryl methyl sites for hydroxylation is 2. The summed E-state index contributed by atoms with van der Waals surface area (Å²) in [6.07, 6.45) is 4.44. The van der Waals surface area contributed by atoms with Crippen LogP contribution in [0, 0.1) is 6.92 Å². The fourth-order valence-electron chi connectivity index (χ4n) is 2.01. The van der Waals surface area contributed by atoms with Crippen LogP contribution in [0.2, 0.25) is 0 Å². The minimum absolute atomic E-state index is 0.447. The average Bonchev–Trinajstić information content (AvgIpc) is 2.47. The second-order valence-electron chi connectivity index (χ2n) is 5.42. The van der Waals surface area contributed by atoms with E-state index in [4.69, 9.17) is 4.74 Å². The molecule has 2 aromatic rings. The van der Waals surface area contributed by atoms with E-state index in [1.165, 1.54) is 0 Å². The molecular formula is C17H23N3O. The lowest BCUT2D eigenvalue weighted by Gasteiger charge is -2.12. The van der Waals surface area contributed by atoms with Crippen molar-refractivity contribution in [3.8, 4) is 11.5 Å². The highest BCUT2D eigenvalue weighted by Gasteiger charge is 2.06. The van der Waals surface area contributed by atoms with Crippen LogP contribution < -0.4 is 10.1 Å². The molecule has 0 aliphatic rings. The van der Waals surface area contributed by atoms with Crippen molar-refractivity contribution in [3.63, 3.8) is 0 Å². The standard InChI is InChI=1S/C17H23N3O/c1-5-16-17(7-6-13(4)20-16)21-15-8-14(9-18-11-15)10-19-12(2)3/h6-9,11-12,19H,5,10H2,1-4H3. The molecule has 0 aromatic carbocycles. The number of pyridine rings is 2. The summed E-state index contributed by atoms with van der Waals surface area (Å²) < 4.78 is 5.95. The van der Waals surface area contributed by atoms with Gasteiger partial charge >= 0.3 is 0 Å². The van der Waals surface area contributed by atoms with Crippen LogP contribution in [0.15, 0.2) is 30.6 Å². The van der Waals surface area contributed by atoms with E-state index >= 15 is 0 Å². The van der Waals surface area contributed by atoms with Crippen LogP contribution in [-0.4, -0.2) is 16.0 Å². The molecule has 2 heterocycles. The van der Waals surface area contributed by atoms with Gasteiger partial charge in [0.05, 0.1) is 11.9 Å². The number of aromatic nitrogens is 2. The van der Waals surface area contributed by atoms with Gasteiger partial charge < -0.3 is 10.1 Å². The van der Waals surface area contributed by atoms with E-state index in [-0.39, 0.29) is 0 Å². The first kappa shape index (κ1) is 15.4. The lowest BCUT2D eigenvalue weighted by Crippen LogP contribution is -2.21. The number of nitrogens with zero attached hydrogens (tertiary/aromatic N) is 2. The molecule has 0 unspecified atom stereocenters. The molecule has 0 amide bonds. The molecule has 0 saturated heterocycles. The summed E-state index contributed by atoms with van der Waals surface area (Å²) >= 11 is 0. The van der Waals surface area contributed by atoms with Gasteiger partial charge in [0.15, 0.2) is 0 Å². The normalized spacial score (nSPS) is 10.9. The number of hydrogen-bond acceptors (Lipinski definition) is 4. The van der Waals surface area contributed by atoms with E-state index in [0.717, 1.165) is 41.4 Å². The molecule has 0 radical (unpaired) electrons. The van der Waals surface area contributed by atoms with Crippen LogP contribution in [0.5, 0.6) is 11.5 Å². The zero-order chi connectivity index (χ0) is 15.2. The Bertz CT molecular complexity index is 596. The summed E-state index contributed by atoms with van der Waals surface area (Å²) in [5, 5.41) is 3.37. The van der Waals surface area contributed by atoms with Crippen molar-refractivity contribution in [2.75, 3.05) is 0 Å². The van der Waals surface area contributed by atoms with E-state index in [9.17, 15) is 0 Å². The van der Waals surface area contributed by atoms with E-state index in [1.54, 1.807) is 6.20 Å². The Morgan fingerprint density at radius 2 is 2.05 bits per heavy atom. The minimum Gasteiger partial charge on any atom is -0.454 e. The van der Waals surface area contributed by atoms with Gasteiger partial charge in [-0.25, -0.2) is 0 Å². The highest BCUT2D eigenvalue weighted by atomic mass is 16.5. The van der Waals surface area contributed by atoms with Crippen LogP contribution in [0.25, 0.3) is 0 Å². The highest BCUT2D eigenvalue weighted by Crippen LogP contribution is 2.25. The van der Waals surface area contributed by atoms with Gasteiger partial charge in [0, 0.05) is 24.5 Å². The maximum atomic E-state index is 5.95. The third-order valence-corrected chi connectivity index (χ3v) is 3.12. The summed E-state index contributed by atoms with van der Waals surface area (Å²) in [5.41, 5.74) is 3.09. The summed E-state index contributed by atoms with van der Waals surface area (Å²) in [6.45, 7) is 9.10. The first-order chi connectivity index (χ1) is 10.1. The van der Waals surface area contributed by atoms with Gasteiger partial charge in [-0.2, -0.15) is 0 Å². The van der Waals surface area contributed by atoms with Gasteiger partial charge in [-0.1, -0.05) is 20.8 Å². The maximum Gasteiger partial charge on any atom is 0.148 e. The molecule has 2 rings (SSSR count). The number of hydrogen-bond donors (Lipinski definition) is 1. The third kappa shape index (κ3) is 4.53. The Morgan fingerprint density at radius 1 is 1.24 bits per heavy atom. The predicted molar refractivity (Wildman–Crippen MR) is 84.6 cm³/mol. The van der Waals surface area contributed by atoms with Crippen molar-refractivity contribution in [1.82, 2.24) is 15.3 Å². The van der Waals surface area contributed by atoms with Crippen LogP contribution in [0.3, 0.4) is 0 Å². The Balaban J connectivity index is 2.14. The summed E-state index contributed by atoms with van der Waals surface area (Å²) in [7, 11) is 0. The minimum atomic E-state index is 0.447. The highest BCUT2D eigenvalue weighted by molar-refractivity contribution is 5.35. The Kier molecular flexibility index (Phi) is 5.28. The molecule has 0 bridgehead atoms. The molecule has 0 saturated carbocycles. The monoisotopic (exact) mass is 285 g/mol. The quantitative estimate of drug-likeness (QED) is 0.880. The van der Waals surface area contributed by atoms with Gasteiger partial charge in [0.2, 0.25) is 0 Å². The first-order valence-corrected chi connectivity index (χ1v) is 7.40. The summed E-state index contributed by atoms with van der Waals surface area (Å²) in [4.78, 5) is 8.76. The maximum absolute atomic E-state index is 5.95. The lowest BCUT2D eigenvalue weighted by atomic mass is 10.2. The zero-order valence-corrected chi connectivity index (χ0v) is 13.2. The summed E-state index contributed by atoms with van der Waals surface area (Å²) in [5.74, 6) is 1.55. The molecule has 1 N–H and O–H groups in total. The fourth-order valence-corrected chi connectivity index (χ4v) is 2.01. The fraction of sp³-hybridized carbons (Fsp3) is 0.412. The molecular weight excluding hydrogens is 262 g/mol. The second-order valence-corrected chi connectivity index (χ2v) is 5.42. The Morgan fingerprint density at radius 3 is 2.76 bits per heavy atom. The lowest BCUT2D eigenvalue weighted by molar-refractivity contribution is 0.469. The Hall–Kier alpha value is -1.94. The van der Waals surface area contributed by atoms with Crippen molar-refractivity contribution >= 4 is 0 Å². The summed E-state index contributed by atoms with van der Waals surface area (Å²) in [6, 6.07) is 6.40. The molecule has 0 fully saturated rings. The van der Waals surface area contributed by atoms with Gasteiger partial charge in [-0.15, -0.1) is 0 Å². The van der Waals surface area contributed by atoms with Crippen LogP contribution in [0.1, 0.15) is 37.7 Å². The molecule has 4 heteroatoms. The molecule has 0 aliphatic carbocycles.